The molecule has 1 aromatic rings. The van der Waals surface area contributed by atoms with Crippen molar-refractivity contribution in [3.8, 4) is 5.75 Å². The lowest BCUT2D eigenvalue weighted by Crippen LogP contribution is -2.61. The van der Waals surface area contributed by atoms with Gasteiger partial charge in [0.15, 0.2) is 6.29 Å². The minimum absolute atomic E-state index is 0.122. The van der Waals surface area contributed by atoms with Crippen molar-refractivity contribution in [2.75, 3.05) is 20.3 Å². The van der Waals surface area contributed by atoms with Crippen LogP contribution < -0.4 is 4.74 Å². The van der Waals surface area contributed by atoms with E-state index in [0.29, 0.717) is 5.75 Å². The van der Waals surface area contributed by atoms with Gasteiger partial charge in [-0.05, 0) is 30.3 Å². The SMILES string of the molecule is COc1ccc(C(=O)OC2CC(O)(CO)C3C(OC4OC(CO)C(O)C(O)C4O)OC=CC23)cc1. The zero-order valence-electron chi connectivity index (χ0n) is 18.9. The molecule has 0 spiro atoms. The van der Waals surface area contributed by atoms with E-state index in [1.165, 1.54) is 25.5 Å². The third-order valence-electron chi connectivity index (χ3n) is 6.80. The number of rotatable bonds is 7. The van der Waals surface area contributed by atoms with Crippen molar-refractivity contribution in [3.63, 3.8) is 0 Å². The molecule has 6 N–H and O–H groups in total. The molecular formula is C23H30O12. The monoisotopic (exact) mass is 498 g/mol. The van der Waals surface area contributed by atoms with Crippen LogP contribution in [0.4, 0.5) is 0 Å². The molecule has 1 aromatic carbocycles. The summed E-state index contributed by atoms with van der Waals surface area (Å²) in [5, 5.41) is 60.9. The highest BCUT2D eigenvalue weighted by Crippen LogP contribution is 2.48. The van der Waals surface area contributed by atoms with Crippen LogP contribution >= 0.6 is 0 Å². The molecule has 2 aliphatic heterocycles. The number of carbonyl (C=O) groups is 1. The quantitative estimate of drug-likeness (QED) is 0.234. The first kappa shape index (κ1) is 25.8. The molecule has 2 fully saturated rings. The predicted molar refractivity (Wildman–Crippen MR) is 115 cm³/mol. The fraction of sp³-hybridized carbons (Fsp3) is 0.609. The van der Waals surface area contributed by atoms with Gasteiger partial charge in [0.05, 0.1) is 38.1 Å². The van der Waals surface area contributed by atoms with Crippen molar-refractivity contribution in [2.24, 2.45) is 11.8 Å². The molecule has 2 heterocycles. The number of carbonyl (C=O) groups excluding carboxylic acids is 1. The summed E-state index contributed by atoms with van der Waals surface area (Å²) in [5.74, 6) is -1.64. The number of aliphatic hydroxyl groups is 6. The van der Waals surface area contributed by atoms with Crippen molar-refractivity contribution in [2.45, 2.75) is 55.1 Å². The summed E-state index contributed by atoms with van der Waals surface area (Å²) < 4.78 is 27.3. The first-order chi connectivity index (χ1) is 16.7. The highest BCUT2D eigenvalue weighted by molar-refractivity contribution is 5.89. The van der Waals surface area contributed by atoms with Gasteiger partial charge in [-0.25, -0.2) is 4.79 Å². The summed E-state index contributed by atoms with van der Waals surface area (Å²) in [6.45, 7) is -1.34. The Balaban J connectivity index is 1.51. The first-order valence-corrected chi connectivity index (χ1v) is 11.2. The average Bonchev–Trinajstić information content (AvgIpc) is 3.17. The van der Waals surface area contributed by atoms with E-state index in [4.69, 9.17) is 23.7 Å². The van der Waals surface area contributed by atoms with Crippen LogP contribution in [0.2, 0.25) is 0 Å². The maximum absolute atomic E-state index is 12.7. The number of ether oxygens (including phenoxy) is 5. The van der Waals surface area contributed by atoms with Gasteiger partial charge in [-0.1, -0.05) is 0 Å². The molecule has 12 nitrogen and oxygen atoms in total. The van der Waals surface area contributed by atoms with E-state index in [9.17, 15) is 35.4 Å². The number of esters is 1. The van der Waals surface area contributed by atoms with Crippen LogP contribution in [-0.4, -0.2) is 106 Å². The second-order valence-electron chi connectivity index (χ2n) is 8.91. The maximum Gasteiger partial charge on any atom is 0.338 e. The fourth-order valence-electron chi connectivity index (χ4n) is 4.84. The van der Waals surface area contributed by atoms with Gasteiger partial charge in [0.2, 0.25) is 6.29 Å². The van der Waals surface area contributed by atoms with E-state index < -0.39 is 79.7 Å². The Morgan fingerprint density at radius 2 is 1.80 bits per heavy atom. The number of hydrogen-bond acceptors (Lipinski definition) is 12. The Bertz CT molecular complexity index is 904. The van der Waals surface area contributed by atoms with E-state index in [0.717, 1.165) is 0 Å². The molecule has 3 aliphatic rings. The molecule has 35 heavy (non-hydrogen) atoms. The average molecular weight is 498 g/mol. The Morgan fingerprint density at radius 3 is 2.43 bits per heavy atom. The topological polar surface area (TPSA) is 185 Å². The van der Waals surface area contributed by atoms with E-state index in [1.807, 2.05) is 0 Å². The zero-order valence-corrected chi connectivity index (χ0v) is 18.9. The van der Waals surface area contributed by atoms with Crippen molar-refractivity contribution in [3.05, 3.63) is 42.2 Å². The van der Waals surface area contributed by atoms with Crippen LogP contribution in [-0.2, 0) is 18.9 Å². The van der Waals surface area contributed by atoms with Crippen LogP contribution in [0.5, 0.6) is 5.75 Å². The Morgan fingerprint density at radius 1 is 1.09 bits per heavy atom. The summed E-state index contributed by atoms with van der Waals surface area (Å²) in [6.07, 6.45) is -7.03. The molecule has 1 saturated carbocycles. The number of methoxy groups -OCH3 is 1. The molecule has 0 aromatic heterocycles. The lowest BCUT2D eigenvalue weighted by atomic mass is 9.84. The molecular weight excluding hydrogens is 468 g/mol. The van der Waals surface area contributed by atoms with Gasteiger partial charge in [-0.15, -0.1) is 0 Å². The second kappa shape index (κ2) is 10.4. The molecule has 0 amide bonds. The van der Waals surface area contributed by atoms with E-state index in [-0.39, 0.29) is 12.0 Å². The molecule has 0 bridgehead atoms. The van der Waals surface area contributed by atoms with Crippen molar-refractivity contribution >= 4 is 5.97 Å². The molecule has 12 heteroatoms. The number of hydrogen-bond donors (Lipinski definition) is 6. The first-order valence-electron chi connectivity index (χ1n) is 11.2. The molecule has 10 atom stereocenters. The van der Waals surface area contributed by atoms with Crippen molar-refractivity contribution in [1.29, 1.82) is 0 Å². The van der Waals surface area contributed by atoms with Gasteiger partial charge >= 0.3 is 5.97 Å². The van der Waals surface area contributed by atoms with E-state index in [2.05, 4.69) is 0 Å². The van der Waals surface area contributed by atoms with Crippen molar-refractivity contribution in [1.82, 2.24) is 0 Å². The number of benzene rings is 1. The molecule has 4 rings (SSSR count). The molecule has 10 unspecified atom stereocenters. The van der Waals surface area contributed by atoms with Gasteiger partial charge < -0.3 is 54.3 Å². The van der Waals surface area contributed by atoms with Crippen LogP contribution in [0.1, 0.15) is 16.8 Å². The minimum Gasteiger partial charge on any atom is -0.497 e. The highest BCUT2D eigenvalue weighted by atomic mass is 16.8. The lowest BCUT2D eigenvalue weighted by Gasteiger charge is -2.43. The predicted octanol–water partition coefficient (Wildman–Crippen LogP) is -1.73. The summed E-state index contributed by atoms with van der Waals surface area (Å²) in [4.78, 5) is 12.7. The van der Waals surface area contributed by atoms with Crippen LogP contribution in [0.25, 0.3) is 0 Å². The number of aliphatic hydroxyl groups excluding tert-OH is 5. The van der Waals surface area contributed by atoms with E-state index in [1.54, 1.807) is 18.2 Å². The van der Waals surface area contributed by atoms with Gasteiger partial charge in [0.1, 0.15) is 41.9 Å². The minimum atomic E-state index is -1.78. The molecule has 0 radical (unpaired) electrons. The molecule has 194 valence electrons. The normalized spacial score (nSPS) is 40.6. The highest BCUT2D eigenvalue weighted by Gasteiger charge is 2.59. The number of fused-ring (bicyclic) bond motifs is 1. The maximum atomic E-state index is 12.7. The third-order valence-corrected chi connectivity index (χ3v) is 6.80. The molecule has 1 saturated heterocycles. The fourth-order valence-corrected chi connectivity index (χ4v) is 4.84. The summed E-state index contributed by atoms with van der Waals surface area (Å²) in [5.41, 5.74) is -1.51. The smallest absolute Gasteiger partial charge is 0.338 e. The lowest BCUT2D eigenvalue weighted by molar-refractivity contribution is -0.347. The van der Waals surface area contributed by atoms with E-state index >= 15 is 0 Å². The van der Waals surface area contributed by atoms with Crippen molar-refractivity contribution < 1.29 is 59.1 Å². The second-order valence-corrected chi connectivity index (χ2v) is 8.91. The van der Waals surface area contributed by atoms with Crippen LogP contribution in [0, 0.1) is 11.8 Å². The summed E-state index contributed by atoms with van der Waals surface area (Å²) >= 11 is 0. The van der Waals surface area contributed by atoms with Gasteiger partial charge in [-0.2, -0.15) is 0 Å². The molecule has 1 aliphatic carbocycles. The van der Waals surface area contributed by atoms with Gasteiger partial charge in [0, 0.05) is 12.3 Å². The standard InChI is InChI=1S/C23H30O12/c1-31-12-4-2-11(3-5-12)20(29)33-14-8-23(30,10-25)16-13(14)6-7-32-21(16)35-22-19(28)18(27)17(26)15(9-24)34-22/h2-7,13-19,21-22,24-28,30H,8-10H2,1H3. The zero-order chi connectivity index (χ0) is 25.3. The van der Waals surface area contributed by atoms with Gasteiger partial charge in [-0.3, -0.25) is 0 Å². The Hall–Kier alpha value is -2.29. The van der Waals surface area contributed by atoms with Crippen LogP contribution in [0.3, 0.4) is 0 Å². The summed E-state index contributed by atoms with van der Waals surface area (Å²) in [6, 6.07) is 6.29. The largest absolute Gasteiger partial charge is 0.497 e. The Kier molecular flexibility index (Phi) is 7.64. The third kappa shape index (κ3) is 4.88. The van der Waals surface area contributed by atoms with Crippen LogP contribution in [0.15, 0.2) is 36.6 Å². The summed E-state index contributed by atoms with van der Waals surface area (Å²) in [7, 11) is 1.50. The Labute approximate surface area is 200 Å². The van der Waals surface area contributed by atoms with Gasteiger partial charge in [0.25, 0.3) is 0 Å².